The molecule has 2 heteroatoms. The van der Waals surface area contributed by atoms with Crippen molar-refractivity contribution >= 4 is 10.8 Å². The van der Waals surface area contributed by atoms with Crippen molar-refractivity contribution in [3.8, 4) is 0 Å². The van der Waals surface area contributed by atoms with E-state index in [9.17, 15) is 0 Å². The van der Waals surface area contributed by atoms with E-state index >= 15 is 0 Å². The van der Waals surface area contributed by atoms with Crippen LogP contribution in [-0.4, -0.2) is 37.1 Å². The molecule has 0 radical (unpaired) electrons. The SMILES string of the molecule is CC[C@@H]1CNCCN1CCc1cccc2ccccc12. The van der Waals surface area contributed by atoms with Crippen molar-refractivity contribution in [3.05, 3.63) is 48.0 Å². The number of hydrogen-bond donors (Lipinski definition) is 1. The molecule has 3 rings (SSSR count). The third kappa shape index (κ3) is 2.87. The lowest BCUT2D eigenvalue weighted by Crippen LogP contribution is -2.51. The van der Waals surface area contributed by atoms with Crippen LogP contribution in [0, 0.1) is 0 Å². The standard InChI is InChI=1S/C18H24N2/c1-2-17-14-19-11-13-20(17)12-10-16-8-5-7-15-6-3-4-9-18(15)16/h3-9,17,19H,2,10-14H2,1H3/t17-/m1/s1. The number of rotatable bonds is 4. The predicted molar refractivity (Wildman–Crippen MR) is 86.2 cm³/mol. The number of nitrogens with zero attached hydrogens (tertiary/aromatic N) is 1. The molecule has 2 nitrogen and oxygen atoms in total. The minimum absolute atomic E-state index is 0.707. The topological polar surface area (TPSA) is 15.3 Å². The van der Waals surface area contributed by atoms with E-state index in [1.165, 1.54) is 35.8 Å². The van der Waals surface area contributed by atoms with Gasteiger partial charge < -0.3 is 5.32 Å². The minimum atomic E-state index is 0.707. The maximum atomic E-state index is 3.50. The fourth-order valence-corrected chi connectivity index (χ4v) is 3.27. The fourth-order valence-electron chi connectivity index (χ4n) is 3.27. The van der Waals surface area contributed by atoms with Gasteiger partial charge >= 0.3 is 0 Å². The third-order valence-electron chi connectivity index (χ3n) is 4.49. The summed E-state index contributed by atoms with van der Waals surface area (Å²) in [4.78, 5) is 2.65. The summed E-state index contributed by atoms with van der Waals surface area (Å²) >= 11 is 0. The lowest BCUT2D eigenvalue weighted by Gasteiger charge is -2.35. The molecule has 0 spiro atoms. The fraction of sp³-hybridized carbons (Fsp3) is 0.444. The van der Waals surface area contributed by atoms with Crippen LogP contribution < -0.4 is 5.32 Å². The van der Waals surface area contributed by atoms with E-state index in [0.29, 0.717) is 6.04 Å². The second-order valence-corrected chi connectivity index (χ2v) is 5.69. The Bertz CT molecular complexity index is 559. The summed E-state index contributed by atoms with van der Waals surface area (Å²) in [5.74, 6) is 0. The van der Waals surface area contributed by atoms with Crippen LogP contribution in [0.25, 0.3) is 10.8 Å². The van der Waals surface area contributed by atoms with E-state index in [0.717, 1.165) is 19.5 Å². The van der Waals surface area contributed by atoms with Crippen LogP contribution in [0.15, 0.2) is 42.5 Å². The Morgan fingerprint density at radius 2 is 2.00 bits per heavy atom. The lowest BCUT2D eigenvalue weighted by atomic mass is 10.0. The summed E-state index contributed by atoms with van der Waals surface area (Å²) < 4.78 is 0. The molecule has 1 atom stereocenters. The molecule has 2 aromatic rings. The monoisotopic (exact) mass is 268 g/mol. The second-order valence-electron chi connectivity index (χ2n) is 5.69. The summed E-state index contributed by atoms with van der Waals surface area (Å²) in [6.07, 6.45) is 2.39. The highest BCUT2D eigenvalue weighted by Gasteiger charge is 2.19. The largest absolute Gasteiger partial charge is 0.314 e. The second kappa shape index (κ2) is 6.38. The van der Waals surface area contributed by atoms with Gasteiger partial charge in [0.05, 0.1) is 0 Å². The first-order valence-electron chi connectivity index (χ1n) is 7.80. The summed E-state index contributed by atoms with van der Waals surface area (Å²) in [6, 6.07) is 16.1. The Labute approximate surface area is 121 Å². The van der Waals surface area contributed by atoms with Gasteiger partial charge in [0.15, 0.2) is 0 Å². The zero-order valence-corrected chi connectivity index (χ0v) is 12.3. The van der Waals surface area contributed by atoms with Crippen LogP contribution in [0.2, 0.25) is 0 Å². The van der Waals surface area contributed by atoms with E-state index < -0.39 is 0 Å². The highest BCUT2D eigenvalue weighted by molar-refractivity contribution is 5.85. The molecule has 1 heterocycles. The van der Waals surface area contributed by atoms with Gasteiger partial charge in [-0.25, -0.2) is 0 Å². The molecule has 0 bridgehead atoms. The van der Waals surface area contributed by atoms with Crippen molar-refractivity contribution in [2.75, 3.05) is 26.2 Å². The first kappa shape index (κ1) is 13.6. The van der Waals surface area contributed by atoms with Gasteiger partial charge in [0.25, 0.3) is 0 Å². The Hall–Kier alpha value is -1.38. The van der Waals surface area contributed by atoms with Crippen molar-refractivity contribution in [2.24, 2.45) is 0 Å². The van der Waals surface area contributed by atoms with Gasteiger partial charge in [0.1, 0.15) is 0 Å². The van der Waals surface area contributed by atoms with Gasteiger partial charge in [0.2, 0.25) is 0 Å². The van der Waals surface area contributed by atoms with Gasteiger partial charge in [0, 0.05) is 32.2 Å². The first-order valence-corrected chi connectivity index (χ1v) is 7.80. The van der Waals surface area contributed by atoms with Gasteiger partial charge in [-0.05, 0) is 29.2 Å². The number of hydrogen-bond acceptors (Lipinski definition) is 2. The normalized spacial score (nSPS) is 20.4. The quantitative estimate of drug-likeness (QED) is 0.917. The highest BCUT2D eigenvalue weighted by Crippen LogP contribution is 2.19. The molecule has 1 aliphatic rings. The molecule has 1 aliphatic heterocycles. The van der Waals surface area contributed by atoms with Crippen molar-refractivity contribution in [1.29, 1.82) is 0 Å². The van der Waals surface area contributed by atoms with E-state index in [2.05, 4.69) is 59.6 Å². The molecule has 0 aliphatic carbocycles. The van der Waals surface area contributed by atoms with Gasteiger partial charge in [-0.2, -0.15) is 0 Å². The maximum absolute atomic E-state index is 3.50. The molecule has 0 unspecified atom stereocenters. The maximum Gasteiger partial charge on any atom is 0.0218 e. The van der Waals surface area contributed by atoms with Gasteiger partial charge in [-0.3, -0.25) is 4.90 Å². The van der Waals surface area contributed by atoms with Crippen LogP contribution >= 0.6 is 0 Å². The van der Waals surface area contributed by atoms with Crippen LogP contribution in [0.1, 0.15) is 18.9 Å². The summed E-state index contributed by atoms with van der Waals surface area (Å²) in [6.45, 7) is 6.93. The van der Waals surface area contributed by atoms with Gasteiger partial charge in [-0.15, -0.1) is 0 Å². The molecule has 1 fully saturated rings. The zero-order chi connectivity index (χ0) is 13.8. The zero-order valence-electron chi connectivity index (χ0n) is 12.3. The van der Waals surface area contributed by atoms with Crippen molar-refractivity contribution in [1.82, 2.24) is 10.2 Å². The average Bonchev–Trinajstić information content (AvgIpc) is 2.53. The number of benzene rings is 2. The van der Waals surface area contributed by atoms with Crippen molar-refractivity contribution in [3.63, 3.8) is 0 Å². The van der Waals surface area contributed by atoms with Crippen LogP contribution in [0.3, 0.4) is 0 Å². The number of piperazine rings is 1. The Morgan fingerprint density at radius 1 is 1.15 bits per heavy atom. The van der Waals surface area contributed by atoms with E-state index in [-0.39, 0.29) is 0 Å². The lowest BCUT2D eigenvalue weighted by molar-refractivity contribution is 0.159. The number of fused-ring (bicyclic) bond motifs is 1. The first-order chi connectivity index (χ1) is 9.88. The number of nitrogens with one attached hydrogen (secondary N) is 1. The van der Waals surface area contributed by atoms with E-state index in [1.54, 1.807) is 0 Å². The molecule has 0 amide bonds. The van der Waals surface area contributed by atoms with E-state index in [4.69, 9.17) is 0 Å². The molecule has 20 heavy (non-hydrogen) atoms. The van der Waals surface area contributed by atoms with E-state index in [1.807, 2.05) is 0 Å². The van der Waals surface area contributed by atoms with Crippen molar-refractivity contribution in [2.45, 2.75) is 25.8 Å². The minimum Gasteiger partial charge on any atom is -0.314 e. The molecule has 2 aromatic carbocycles. The Kier molecular flexibility index (Phi) is 4.34. The van der Waals surface area contributed by atoms with Crippen LogP contribution in [-0.2, 0) is 6.42 Å². The molecule has 106 valence electrons. The summed E-state index contributed by atoms with van der Waals surface area (Å²) in [7, 11) is 0. The highest BCUT2D eigenvalue weighted by atomic mass is 15.2. The van der Waals surface area contributed by atoms with Crippen LogP contribution in [0.4, 0.5) is 0 Å². The third-order valence-corrected chi connectivity index (χ3v) is 4.49. The van der Waals surface area contributed by atoms with Crippen LogP contribution in [0.5, 0.6) is 0 Å². The molecule has 1 saturated heterocycles. The molecule has 0 saturated carbocycles. The smallest absolute Gasteiger partial charge is 0.0218 e. The molecular weight excluding hydrogens is 244 g/mol. The summed E-state index contributed by atoms with van der Waals surface area (Å²) in [5, 5.41) is 6.28. The Balaban J connectivity index is 1.73. The average molecular weight is 268 g/mol. The van der Waals surface area contributed by atoms with Gasteiger partial charge in [-0.1, -0.05) is 49.4 Å². The summed E-state index contributed by atoms with van der Waals surface area (Å²) in [5.41, 5.74) is 1.48. The Morgan fingerprint density at radius 3 is 2.90 bits per heavy atom. The predicted octanol–water partition coefficient (Wildman–Crippen LogP) is 3.07. The van der Waals surface area contributed by atoms with Crippen molar-refractivity contribution < 1.29 is 0 Å². The molecule has 1 N–H and O–H groups in total. The molecule has 0 aromatic heterocycles. The molecular formula is C18H24N2.